The largest absolute Gasteiger partial charge is 0.490 e. The summed E-state index contributed by atoms with van der Waals surface area (Å²) in [6.45, 7) is 6.13. The Bertz CT molecular complexity index is 1050. The zero-order chi connectivity index (χ0) is 19.7. The van der Waals surface area contributed by atoms with Crippen LogP contribution in [0.4, 0.5) is 0 Å². The van der Waals surface area contributed by atoms with Crippen molar-refractivity contribution in [2.24, 2.45) is 0 Å². The van der Waals surface area contributed by atoms with Crippen LogP contribution in [0.2, 0.25) is 0 Å². The van der Waals surface area contributed by atoms with Crippen LogP contribution >= 0.6 is 0 Å². The van der Waals surface area contributed by atoms with Crippen LogP contribution in [-0.2, 0) is 6.42 Å². The van der Waals surface area contributed by atoms with Crippen molar-refractivity contribution < 1.29 is 9.26 Å². The third-order valence-electron chi connectivity index (χ3n) is 5.18. The lowest BCUT2D eigenvalue weighted by atomic mass is 9.81. The van der Waals surface area contributed by atoms with Crippen molar-refractivity contribution in [1.82, 2.24) is 10.1 Å². The first-order chi connectivity index (χ1) is 13.6. The molecule has 0 saturated heterocycles. The number of fused-ring (bicyclic) bond motifs is 1. The van der Waals surface area contributed by atoms with Gasteiger partial charge in [-0.2, -0.15) is 10.2 Å². The van der Waals surface area contributed by atoms with E-state index < -0.39 is 0 Å². The molecule has 0 spiro atoms. The summed E-state index contributed by atoms with van der Waals surface area (Å²) in [6.07, 6.45) is 3.44. The fourth-order valence-corrected chi connectivity index (χ4v) is 3.85. The Morgan fingerprint density at radius 3 is 2.89 bits per heavy atom. The summed E-state index contributed by atoms with van der Waals surface area (Å²) in [5, 5.41) is 13.7. The molecule has 4 rings (SSSR count). The molecule has 28 heavy (non-hydrogen) atoms. The summed E-state index contributed by atoms with van der Waals surface area (Å²) < 4.78 is 11.2. The Kier molecular flexibility index (Phi) is 4.87. The second kappa shape index (κ2) is 7.47. The molecule has 1 aliphatic rings. The van der Waals surface area contributed by atoms with Crippen LogP contribution in [0.3, 0.4) is 0 Å². The number of nitrogens with zero attached hydrogens (tertiary/aromatic N) is 3. The molecule has 0 fully saturated rings. The van der Waals surface area contributed by atoms with E-state index in [-0.39, 0.29) is 6.10 Å². The van der Waals surface area contributed by atoms with Crippen LogP contribution < -0.4 is 4.74 Å². The minimum absolute atomic E-state index is 0.000365. The normalized spacial score (nSPS) is 15.9. The highest BCUT2D eigenvalue weighted by molar-refractivity contribution is 5.66. The van der Waals surface area contributed by atoms with Crippen molar-refractivity contribution in [2.75, 3.05) is 0 Å². The quantitative estimate of drug-likeness (QED) is 0.603. The van der Waals surface area contributed by atoms with Crippen molar-refractivity contribution in [1.29, 1.82) is 5.26 Å². The molecule has 0 amide bonds. The smallest absolute Gasteiger partial charge is 0.258 e. The SMILES string of the molecule is CC(C)Oc1ccc(-c2nc(-c3cccc4c3CCC[C@@H]4C)no2)cc1C#N. The molecule has 0 aliphatic heterocycles. The maximum Gasteiger partial charge on any atom is 0.258 e. The first-order valence-electron chi connectivity index (χ1n) is 9.74. The summed E-state index contributed by atoms with van der Waals surface area (Å²) in [7, 11) is 0. The molecular formula is C23H23N3O2. The average molecular weight is 373 g/mol. The average Bonchev–Trinajstić information content (AvgIpc) is 3.18. The van der Waals surface area contributed by atoms with Gasteiger partial charge in [-0.1, -0.05) is 30.3 Å². The standard InChI is InChI=1S/C23H23N3O2/c1-14(2)27-21-11-10-16(12-17(21)13-24)23-25-22(26-28-23)20-9-5-7-18-15(3)6-4-8-19(18)20/h5,7,9-12,14-15H,4,6,8H2,1-3H3/t15-/m0/s1. The van der Waals surface area contributed by atoms with E-state index in [0.29, 0.717) is 34.5 Å². The fourth-order valence-electron chi connectivity index (χ4n) is 3.85. The molecule has 5 nitrogen and oxygen atoms in total. The fraction of sp³-hybridized carbons (Fsp3) is 0.348. The van der Waals surface area contributed by atoms with Gasteiger partial charge in [0.2, 0.25) is 5.82 Å². The Balaban J connectivity index is 1.70. The molecule has 0 N–H and O–H groups in total. The van der Waals surface area contributed by atoms with Crippen molar-refractivity contribution in [3.8, 4) is 34.7 Å². The van der Waals surface area contributed by atoms with E-state index in [0.717, 1.165) is 12.0 Å². The number of nitriles is 1. The lowest BCUT2D eigenvalue weighted by Crippen LogP contribution is -2.08. The lowest BCUT2D eigenvalue weighted by molar-refractivity contribution is 0.242. The van der Waals surface area contributed by atoms with E-state index >= 15 is 0 Å². The van der Waals surface area contributed by atoms with Crippen LogP contribution in [0, 0.1) is 11.3 Å². The molecule has 2 aromatic carbocycles. The van der Waals surface area contributed by atoms with Gasteiger partial charge in [-0.15, -0.1) is 0 Å². The van der Waals surface area contributed by atoms with Gasteiger partial charge < -0.3 is 9.26 Å². The molecule has 142 valence electrons. The second-order valence-corrected chi connectivity index (χ2v) is 7.58. The minimum atomic E-state index is -0.000365. The van der Waals surface area contributed by atoms with Gasteiger partial charge in [-0.3, -0.25) is 0 Å². The molecule has 1 aliphatic carbocycles. The van der Waals surface area contributed by atoms with E-state index in [1.807, 2.05) is 19.9 Å². The summed E-state index contributed by atoms with van der Waals surface area (Å²) in [5.74, 6) is 2.12. The topological polar surface area (TPSA) is 71.9 Å². The predicted molar refractivity (Wildman–Crippen MR) is 107 cm³/mol. The number of hydrogen-bond donors (Lipinski definition) is 0. The number of benzene rings is 2. The molecular weight excluding hydrogens is 350 g/mol. The van der Waals surface area contributed by atoms with Crippen molar-refractivity contribution >= 4 is 0 Å². The Labute approximate surface area is 165 Å². The van der Waals surface area contributed by atoms with Gasteiger partial charge >= 0.3 is 0 Å². The minimum Gasteiger partial charge on any atom is -0.490 e. The molecule has 1 atom stereocenters. The van der Waals surface area contributed by atoms with E-state index in [1.54, 1.807) is 12.1 Å². The van der Waals surface area contributed by atoms with Crippen LogP contribution in [-0.4, -0.2) is 16.2 Å². The van der Waals surface area contributed by atoms with Crippen LogP contribution in [0.1, 0.15) is 56.2 Å². The maximum atomic E-state index is 9.45. The maximum absolute atomic E-state index is 9.45. The Morgan fingerprint density at radius 2 is 2.11 bits per heavy atom. The van der Waals surface area contributed by atoms with Gasteiger partial charge in [0.1, 0.15) is 11.8 Å². The van der Waals surface area contributed by atoms with E-state index in [9.17, 15) is 5.26 Å². The van der Waals surface area contributed by atoms with Crippen molar-refractivity contribution in [3.63, 3.8) is 0 Å². The Hall–Kier alpha value is -3.13. The third kappa shape index (κ3) is 3.38. The second-order valence-electron chi connectivity index (χ2n) is 7.58. The lowest BCUT2D eigenvalue weighted by Gasteiger charge is -2.23. The van der Waals surface area contributed by atoms with Gasteiger partial charge in [0.05, 0.1) is 11.7 Å². The zero-order valence-corrected chi connectivity index (χ0v) is 16.4. The van der Waals surface area contributed by atoms with Crippen molar-refractivity contribution in [2.45, 2.75) is 52.1 Å². The number of rotatable bonds is 4. The molecule has 3 aromatic rings. The molecule has 5 heteroatoms. The van der Waals surface area contributed by atoms with Crippen LogP contribution in [0.25, 0.3) is 22.8 Å². The summed E-state index contributed by atoms with van der Waals surface area (Å²) in [5.41, 5.74) is 4.92. The predicted octanol–water partition coefficient (Wildman–Crippen LogP) is 5.50. The molecule has 0 radical (unpaired) electrons. The summed E-state index contributed by atoms with van der Waals surface area (Å²) >= 11 is 0. The van der Waals surface area contributed by atoms with Gasteiger partial charge in [0.25, 0.3) is 5.89 Å². The zero-order valence-electron chi connectivity index (χ0n) is 16.4. The Morgan fingerprint density at radius 1 is 1.25 bits per heavy atom. The van der Waals surface area contributed by atoms with Gasteiger partial charge in [0, 0.05) is 11.1 Å². The highest BCUT2D eigenvalue weighted by atomic mass is 16.5. The van der Waals surface area contributed by atoms with Gasteiger partial charge in [-0.05, 0) is 68.4 Å². The molecule has 1 aromatic heterocycles. The number of aromatic nitrogens is 2. The third-order valence-corrected chi connectivity index (χ3v) is 5.18. The van der Waals surface area contributed by atoms with Gasteiger partial charge in [-0.25, -0.2) is 0 Å². The molecule has 0 bridgehead atoms. The summed E-state index contributed by atoms with van der Waals surface area (Å²) in [4.78, 5) is 4.62. The molecule has 1 heterocycles. The highest BCUT2D eigenvalue weighted by Gasteiger charge is 2.22. The summed E-state index contributed by atoms with van der Waals surface area (Å²) in [6, 6.07) is 13.9. The van der Waals surface area contributed by atoms with E-state index in [2.05, 4.69) is 41.3 Å². The molecule has 0 unspecified atom stereocenters. The number of ether oxygens (including phenoxy) is 1. The first kappa shape index (κ1) is 18.2. The highest BCUT2D eigenvalue weighted by Crippen LogP contribution is 2.37. The molecule has 0 saturated carbocycles. The van der Waals surface area contributed by atoms with Crippen molar-refractivity contribution in [3.05, 3.63) is 53.1 Å². The van der Waals surface area contributed by atoms with Crippen LogP contribution in [0.15, 0.2) is 40.9 Å². The van der Waals surface area contributed by atoms with Crippen LogP contribution in [0.5, 0.6) is 5.75 Å². The van der Waals surface area contributed by atoms with E-state index in [4.69, 9.17) is 9.26 Å². The number of hydrogen-bond acceptors (Lipinski definition) is 5. The monoisotopic (exact) mass is 373 g/mol. The van der Waals surface area contributed by atoms with Gasteiger partial charge in [0.15, 0.2) is 0 Å². The van der Waals surface area contributed by atoms with E-state index in [1.165, 1.54) is 24.0 Å². The first-order valence-corrected chi connectivity index (χ1v) is 9.74.